The molecule has 0 aromatic heterocycles. The van der Waals surface area contributed by atoms with Gasteiger partial charge in [0.15, 0.2) is 0 Å². The van der Waals surface area contributed by atoms with Crippen LogP contribution >= 0.6 is 0 Å². The predicted octanol–water partition coefficient (Wildman–Crippen LogP) is -0.346. The van der Waals surface area contributed by atoms with Crippen LogP contribution in [-0.4, -0.2) is 22.4 Å². The number of halogens is 1. The van der Waals surface area contributed by atoms with Crippen molar-refractivity contribution < 1.29 is 21.2 Å². The topological polar surface area (TPSA) is 12.0 Å². The van der Waals surface area contributed by atoms with Gasteiger partial charge in [-0.3, -0.25) is 0 Å². The Kier molecular flexibility index (Phi) is 11.3. The van der Waals surface area contributed by atoms with Gasteiger partial charge in [-0.1, -0.05) is 0 Å². The molecule has 0 amide bonds. The van der Waals surface area contributed by atoms with Gasteiger partial charge in [0.1, 0.15) is 0 Å². The van der Waals surface area contributed by atoms with E-state index in [0.717, 1.165) is 3.92 Å². The van der Waals surface area contributed by atoms with Crippen LogP contribution in [0.1, 0.15) is 45.4 Å². The fourth-order valence-electron chi connectivity index (χ4n) is 1.46. The first-order valence-corrected chi connectivity index (χ1v) is 8.88. The average molecular weight is 298 g/mol. The molecule has 0 aliphatic heterocycles. The molecule has 0 bridgehead atoms. The van der Waals surface area contributed by atoms with Gasteiger partial charge in [-0.05, 0) is 0 Å². The van der Waals surface area contributed by atoms with E-state index in [2.05, 4.69) is 17.2 Å². The molecular weight excluding hydrogens is 273 g/mol. The SMILES string of the molecule is CCCCC(CCCCNC)[I-]C. The fraction of sp³-hybridized carbons (Fsp3) is 1.00. The van der Waals surface area contributed by atoms with Gasteiger partial charge in [0.2, 0.25) is 0 Å². The summed E-state index contributed by atoms with van der Waals surface area (Å²) in [6.07, 6.45) is 8.61. The van der Waals surface area contributed by atoms with Gasteiger partial charge < -0.3 is 0 Å². The zero-order valence-electron chi connectivity index (χ0n) is 9.41. The second-order valence-corrected chi connectivity index (χ2v) is 6.56. The minimum absolute atomic E-state index is 0.486. The maximum absolute atomic E-state index is 3.21. The summed E-state index contributed by atoms with van der Waals surface area (Å²) in [5.74, 6) is 0. The molecule has 0 aromatic carbocycles. The summed E-state index contributed by atoms with van der Waals surface area (Å²) in [6, 6.07) is 0. The molecule has 82 valence electrons. The van der Waals surface area contributed by atoms with Gasteiger partial charge >= 0.3 is 94.4 Å². The molecule has 0 aliphatic carbocycles. The molecule has 0 aromatic rings. The third-order valence-electron chi connectivity index (χ3n) is 2.37. The van der Waals surface area contributed by atoms with Crippen LogP contribution in [-0.2, 0) is 0 Å². The molecule has 2 heteroatoms. The molecule has 1 atom stereocenters. The van der Waals surface area contributed by atoms with Crippen LogP contribution in [0.5, 0.6) is 0 Å². The Hall–Kier alpha value is 0.690. The normalized spacial score (nSPS) is 13.5. The Bertz CT molecular complexity index is 96.1. The third kappa shape index (κ3) is 9.01. The van der Waals surface area contributed by atoms with Gasteiger partial charge in [-0.2, -0.15) is 0 Å². The zero-order valence-corrected chi connectivity index (χ0v) is 11.6. The summed E-state index contributed by atoms with van der Waals surface area (Å²) in [5.41, 5.74) is 0. The van der Waals surface area contributed by atoms with E-state index in [-0.39, 0.29) is 0 Å². The monoisotopic (exact) mass is 298 g/mol. The van der Waals surface area contributed by atoms with Gasteiger partial charge in [-0.25, -0.2) is 0 Å². The van der Waals surface area contributed by atoms with E-state index in [9.17, 15) is 0 Å². The van der Waals surface area contributed by atoms with Gasteiger partial charge in [-0.15, -0.1) is 0 Å². The second kappa shape index (κ2) is 10.8. The van der Waals surface area contributed by atoms with Crippen molar-refractivity contribution in [3.8, 4) is 0 Å². The quantitative estimate of drug-likeness (QED) is 0.349. The molecule has 1 unspecified atom stereocenters. The van der Waals surface area contributed by atoms with E-state index in [1.165, 1.54) is 45.1 Å². The Morgan fingerprint density at radius 1 is 1.15 bits per heavy atom. The summed E-state index contributed by atoms with van der Waals surface area (Å²) in [7, 11) is 2.04. The third-order valence-corrected chi connectivity index (χ3v) is 5.38. The summed E-state index contributed by atoms with van der Waals surface area (Å²) in [5, 5.41) is 3.21. The average Bonchev–Trinajstić information content (AvgIpc) is 2.17. The summed E-state index contributed by atoms with van der Waals surface area (Å²) in [6.45, 7) is 3.49. The van der Waals surface area contributed by atoms with Crippen molar-refractivity contribution in [1.29, 1.82) is 0 Å². The molecule has 1 nitrogen and oxygen atoms in total. The number of hydrogen-bond acceptors (Lipinski definition) is 1. The van der Waals surface area contributed by atoms with Crippen molar-refractivity contribution in [3.05, 3.63) is 0 Å². The Labute approximate surface area is 94.3 Å². The molecule has 0 aliphatic rings. The molecule has 0 fully saturated rings. The Balaban J connectivity index is 3.25. The van der Waals surface area contributed by atoms with Crippen LogP contribution in [0.3, 0.4) is 0 Å². The first-order valence-electron chi connectivity index (χ1n) is 5.47. The first-order chi connectivity index (χ1) is 6.35. The molecule has 0 saturated carbocycles. The van der Waals surface area contributed by atoms with Crippen LogP contribution in [0.15, 0.2) is 0 Å². The van der Waals surface area contributed by atoms with Crippen LogP contribution in [0.4, 0.5) is 0 Å². The Morgan fingerprint density at radius 3 is 2.38 bits per heavy atom. The fourth-order valence-corrected chi connectivity index (χ4v) is 3.58. The van der Waals surface area contributed by atoms with E-state index in [4.69, 9.17) is 0 Å². The van der Waals surface area contributed by atoms with E-state index in [1.54, 1.807) is 0 Å². The molecule has 0 radical (unpaired) electrons. The van der Waals surface area contributed by atoms with Gasteiger partial charge in [0, 0.05) is 0 Å². The zero-order chi connectivity index (χ0) is 9.94. The number of nitrogens with one attached hydrogen (secondary N) is 1. The molecule has 0 spiro atoms. The molecule has 1 N–H and O–H groups in total. The number of unbranched alkanes of at least 4 members (excludes halogenated alkanes) is 2. The first kappa shape index (κ1) is 13.7. The van der Waals surface area contributed by atoms with Crippen molar-refractivity contribution in [2.45, 2.75) is 49.4 Å². The molecule has 13 heavy (non-hydrogen) atoms. The van der Waals surface area contributed by atoms with E-state index in [0.29, 0.717) is 21.2 Å². The maximum atomic E-state index is 3.21. The van der Waals surface area contributed by atoms with Crippen molar-refractivity contribution in [3.63, 3.8) is 0 Å². The Morgan fingerprint density at radius 2 is 1.85 bits per heavy atom. The molecule has 0 heterocycles. The van der Waals surface area contributed by atoms with Crippen molar-refractivity contribution in [2.24, 2.45) is 0 Å². The summed E-state index contributed by atoms with van der Waals surface area (Å²) in [4.78, 5) is 2.44. The van der Waals surface area contributed by atoms with Crippen molar-refractivity contribution >= 4 is 0 Å². The molecular formula is C11H25IN-. The van der Waals surface area contributed by atoms with Crippen molar-refractivity contribution in [2.75, 3.05) is 18.5 Å². The number of rotatable bonds is 9. The van der Waals surface area contributed by atoms with Crippen LogP contribution in [0.2, 0.25) is 0 Å². The van der Waals surface area contributed by atoms with E-state index >= 15 is 0 Å². The minimum atomic E-state index is 0.486. The van der Waals surface area contributed by atoms with Crippen LogP contribution < -0.4 is 26.5 Å². The number of alkyl halides is 2. The summed E-state index contributed by atoms with van der Waals surface area (Å²) >= 11 is 0.486. The van der Waals surface area contributed by atoms with E-state index in [1.807, 2.05) is 7.05 Å². The molecule has 0 saturated heterocycles. The van der Waals surface area contributed by atoms with Crippen molar-refractivity contribution in [1.82, 2.24) is 5.32 Å². The molecule has 0 rings (SSSR count). The predicted molar refractivity (Wildman–Crippen MR) is 57.0 cm³/mol. The number of hydrogen-bond donors (Lipinski definition) is 1. The van der Waals surface area contributed by atoms with Crippen LogP contribution in [0.25, 0.3) is 0 Å². The van der Waals surface area contributed by atoms with E-state index < -0.39 is 0 Å². The van der Waals surface area contributed by atoms with Crippen LogP contribution in [0, 0.1) is 0 Å². The summed E-state index contributed by atoms with van der Waals surface area (Å²) < 4.78 is 1.11. The van der Waals surface area contributed by atoms with Gasteiger partial charge in [0.25, 0.3) is 0 Å². The van der Waals surface area contributed by atoms with Gasteiger partial charge in [0.05, 0.1) is 0 Å². The standard InChI is InChI=1S/C11H25IN/c1-4-5-8-11(12-2)9-6-7-10-13-3/h11,13H,4-10H2,1-3H3/q-1. The second-order valence-electron chi connectivity index (χ2n) is 3.56.